The lowest BCUT2D eigenvalue weighted by Gasteiger charge is -2.40. The molecule has 0 saturated carbocycles. The molecule has 33 heavy (non-hydrogen) atoms. The van der Waals surface area contributed by atoms with Crippen LogP contribution in [0, 0.1) is 0 Å². The molecule has 0 radical (unpaired) electrons. The summed E-state index contributed by atoms with van der Waals surface area (Å²) in [6.45, 7) is 6.76. The van der Waals surface area contributed by atoms with Crippen molar-refractivity contribution < 1.29 is 34.0 Å². The lowest BCUT2D eigenvalue weighted by Crippen LogP contribution is -2.42. The average Bonchev–Trinajstić information content (AvgIpc) is 3.35. The quantitative estimate of drug-likeness (QED) is 0.307. The number of aromatic amines is 1. The molecule has 5 atom stereocenters. The van der Waals surface area contributed by atoms with Crippen molar-refractivity contribution >= 4 is 18.8 Å². The van der Waals surface area contributed by atoms with Gasteiger partial charge < -0.3 is 29.9 Å². The smallest absolute Gasteiger partial charge is 0.359 e. The third-order valence-electron chi connectivity index (χ3n) is 6.81. The number of aromatic nitrogens is 4. The van der Waals surface area contributed by atoms with Crippen LogP contribution in [0.15, 0.2) is 17.4 Å². The second kappa shape index (κ2) is 9.53. The number of hydrogen-bond donors (Lipinski definition) is 5. The van der Waals surface area contributed by atoms with Gasteiger partial charge in [-0.25, -0.2) is 9.97 Å². The second-order valence-electron chi connectivity index (χ2n) is 8.50. The van der Waals surface area contributed by atoms with E-state index in [1.165, 1.54) is 17.2 Å². The van der Waals surface area contributed by atoms with E-state index in [0.29, 0.717) is 12.8 Å². The van der Waals surface area contributed by atoms with Crippen molar-refractivity contribution in [2.24, 2.45) is 0 Å². The molecule has 13 heteroatoms. The van der Waals surface area contributed by atoms with E-state index in [1.54, 1.807) is 27.7 Å². The first kappa shape index (κ1) is 26.0. The Bertz CT molecular complexity index is 1060. The van der Waals surface area contributed by atoms with Gasteiger partial charge >= 0.3 is 7.60 Å². The normalized spacial score (nSPS) is 26.1. The Morgan fingerprint density at radius 3 is 2.36 bits per heavy atom. The largest absolute Gasteiger partial charge is 0.388 e. The Kier molecular flexibility index (Phi) is 7.50. The Labute approximate surface area is 191 Å². The van der Waals surface area contributed by atoms with Crippen molar-refractivity contribution in [3.8, 4) is 0 Å². The van der Waals surface area contributed by atoms with E-state index in [9.17, 15) is 29.6 Å². The number of aliphatic hydroxyl groups is 3. The molecule has 0 aliphatic carbocycles. The summed E-state index contributed by atoms with van der Waals surface area (Å²) in [5.74, 6) is 0. The van der Waals surface area contributed by atoms with Crippen LogP contribution in [0.4, 0.5) is 0 Å². The molecule has 1 fully saturated rings. The van der Waals surface area contributed by atoms with Gasteiger partial charge in [-0.3, -0.25) is 18.5 Å². The zero-order valence-corrected chi connectivity index (χ0v) is 20.1. The fraction of sp³-hybridized carbons (Fsp3) is 0.750. The summed E-state index contributed by atoms with van der Waals surface area (Å²) in [4.78, 5) is 33.1. The summed E-state index contributed by atoms with van der Waals surface area (Å²) in [5, 5.41) is 30.2. The zero-order chi connectivity index (χ0) is 24.6. The van der Waals surface area contributed by atoms with Gasteiger partial charge in [0.1, 0.15) is 12.2 Å². The van der Waals surface area contributed by atoms with Crippen LogP contribution in [0.25, 0.3) is 11.2 Å². The molecule has 1 aliphatic heterocycles. The molecule has 0 bridgehead atoms. The van der Waals surface area contributed by atoms with E-state index in [1.807, 2.05) is 0 Å². The number of nitrogens with one attached hydrogen (secondary N) is 1. The van der Waals surface area contributed by atoms with E-state index in [-0.39, 0.29) is 30.4 Å². The van der Waals surface area contributed by atoms with Crippen molar-refractivity contribution in [2.45, 2.75) is 95.3 Å². The Morgan fingerprint density at radius 1 is 1.15 bits per heavy atom. The van der Waals surface area contributed by atoms with Crippen LogP contribution in [0.3, 0.4) is 0 Å². The molecule has 1 aliphatic rings. The number of aliphatic hydroxyl groups excluding tert-OH is 2. The molecule has 2 unspecified atom stereocenters. The van der Waals surface area contributed by atoms with Crippen molar-refractivity contribution in [2.75, 3.05) is 0 Å². The third kappa shape index (κ3) is 4.53. The first-order valence-electron chi connectivity index (χ1n) is 11.2. The minimum Gasteiger partial charge on any atom is -0.388 e. The predicted octanol–water partition coefficient (Wildman–Crippen LogP) is 1.40. The molecular weight excluding hydrogens is 455 g/mol. The summed E-state index contributed by atoms with van der Waals surface area (Å²) >= 11 is 0. The summed E-state index contributed by atoms with van der Waals surface area (Å²) in [5.41, 5.74) is -1.41. The summed E-state index contributed by atoms with van der Waals surface area (Å²) < 4.78 is 26.1. The maximum Gasteiger partial charge on any atom is 0.359 e. The van der Waals surface area contributed by atoms with Gasteiger partial charge in [-0.15, -0.1) is 0 Å². The molecule has 2 aromatic rings. The highest BCUT2D eigenvalue weighted by atomic mass is 31.2. The van der Waals surface area contributed by atoms with E-state index in [0.717, 1.165) is 0 Å². The van der Waals surface area contributed by atoms with Gasteiger partial charge in [-0.1, -0.05) is 27.7 Å². The van der Waals surface area contributed by atoms with Crippen LogP contribution in [0.1, 0.15) is 66.0 Å². The highest BCUT2D eigenvalue weighted by Crippen LogP contribution is 2.61. The molecule has 0 aromatic carbocycles. The van der Waals surface area contributed by atoms with Gasteiger partial charge in [-0.05, 0) is 25.7 Å². The first-order valence-corrected chi connectivity index (χ1v) is 12.7. The van der Waals surface area contributed by atoms with E-state index >= 15 is 0 Å². The highest BCUT2D eigenvalue weighted by molar-refractivity contribution is 7.54. The molecule has 0 amide bonds. The Hall–Kier alpha value is -1.66. The molecule has 186 valence electrons. The molecular formula is C20H33N4O8P. The number of rotatable bonds is 10. The van der Waals surface area contributed by atoms with Crippen molar-refractivity contribution in [3.05, 3.63) is 23.0 Å². The van der Waals surface area contributed by atoms with Gasteiger partial charge in [0.25, 0.3) is 5.56 Å². The van der Waals surface area contributed by atoms with E-state index < -0.39 is 48.6 Å². The van der Waals surface area contributed by atoms with Crippen molar-refractivity contribution in [1.29, 1.82) is 0 Å². The lowest BCUT2D eigenvalue weighted by molar-refractivity contribution is -0.0761. The fourth-order valence-corrected chi connectivity index (χ4v) is 6.07. The minimum atomic E-state index is -4.47. The monoisotopic (exact) mass is 488 g/mol. The second-order valence-corrected chi connectivity index (χ2v) is 10.6. The number of imidazole rings is 1. The predicted molar refractivity (Wildman–Crippen MR) is 118 cm³/mol. The third-order valence-corrected chi connectivity index (χ3v) is 9.13. The fourth-order valence-electron chi connectivity index (χ4n) is 4.25. The van der Waals surface area contributed by atoms with Gasteiger partial charge in [0.15, 0.2) is 22.7 Å². The lowest BCUT2D eigenvalue weighted by atomic mass is 9.88. The number of H-pyrrole nitrogens is 1. The Morgan fingerprint density at radius 2 is 1.79 bits per heavy atom. The van der Waals surface area contributed by atoms with Crippen LogP contribution < -0.4 is 5.56 Å². The SMILES string of the molecule is CCC(CC)(CC1O[C@@H](n2cnc3c(=O)[nH]cnc32)[C@H](O)[C@@H]1O)OP(=O)(O)C(O)(CC)CC. The van der Waals surface area contributed by atoms with Gasteiger partial charge in [-0.2, -0.15) is 0 Å². The van der Waals surface area contributed by atoms with Crippen molar-refractivity contribution in [3.63, 3.8) is 0 Å². The maximum absolute atomic E-state index is 13.1. The minimum absolute atomic E-state index is 0.0105. The molecule has 12 nitrogen and oxygen atoms in total. The number of nitrogens with zero attached hydrogens (tertiary/aromatic N) is 3. The highest BCUT2D eigenvalue weighted by Gasteiger charge is 2.52. The van der Waals surface area contributed by atoms with Crippen LogP contribution in [0.5, 0.6) is 0 Å². The summed E-state index contributed by atoms with van der Waals surface area (Å²) in [6.07, 6.45) is -1.60. The van der Waals surface area contributed by atoms with Crippen LogP contribution in [0.2, 0.25) is 0 Å². The van der Waals surface area contributed by atoms with Crippen LogP contribution in [-0.4, -0.2) is 69.0 Å². The number of ether oxygens (including phenoxy) is 1. The van der Waals surface area contributed by atoms with Crippen LogP contribution in [-0.2, 0) is 13.8 Å². The van der Waals surface area contributed by atoms with Gasteiger partial charge in [0, 0.05) is 6.42 Å². The van der Waals surface area contributed by atoms with Gasteiger partial charge in [0.05, 0.1) is 24.4 Å². The maximum atomic E-state index is 13.1. The van der Waals surface area contributed by atoms with E-state index in [2.05, 4.69) is 15.0 Å². The standard InChI is InChI=1S/C20H33N4O8P/c1-5-19(6-2,32-33(29,30)20(28,7-3)8-4)9-12-14(25)15(26)18(31-12)24-11-23-13-16(24)21-10-22-17(13)27/h10-12,14-15,18,25-26,28H,5-9H2,1-4H3,(H,29,30)(H,21,22,27)/t12?,14-,15-,18-/m1/s1. The molecule has 3 rings (SSSR count). The summed E-state index contributed by atoms with van der Waals surface area (Å²) in [6, 6.07) is 0. The van der Waals surface area contributed by atoms with Crippen molar-refractivity contribution in [1.82, 2.24) is 19.5 Å². The molecule has 0 spiro atoms. The molecule has 5 N–H and O–H groups in total. The Balaban J connectivity index is 1.88. The van der Waals surface area contributed by atoms with Gasteiger partial charge in [0.2, 0.25) is 0 Å². The molecule has 2 aromatic heterocycles. The molecule has 1 saturated heterocycles. The average molecular weight is 488 g/mol. The number of hydrogen-bond acceptors (Lipinski definition) is 9. The topological polar surface area (TPSA) is 180 Å². The summed E-state index contributed by atoms with van der Waals surface area (Å²) in [7, 11) is -4.47. The van der Waals surface area contributed by atoms with Crippen LogP contribution >= 0.6 is 7.60 Å². The molecule has 3 heterocycles. The van der Waals surface area contributed by atoms with E-state index in [4.69, 9.17) is 9.26 Å². The first-order chi connectivity index (χ1) is 15.5. The zero-order valence-electron chi connectivity index (χ0n) is 19.2. The number of fused-ring (bicyclic) bond motifs is 1.